The Morgan fingerprint density at radius 2 is 1.75 bits per heavy atom. The van der Waals surface area contributed by atoms with Gasteiger partial charge in [0.2, 0.25) is 11.7 Å². The first-order valence-corrected chi connectivity index (χ1v) is 12.0. The third kappa shape index (κ3) is 4.76. The minimum Gasteiger partial charge on any atom is -0.350 e. The molecule has 11 heteroatoms. The van der Waals surface area contributed by atoms with Crippen LogP contribution in [0, 0.1) is 0 Å². The molecule has 4 aromatic rings. The van der Waals surface area contributed by atoms with E-state index in [4.69, 9.17) is 11.6 Å². The summed E-state index contributed by atoms with van der Waals surface area (Å²) in [7, 11) is 0. The Morgan fingerprint density at radius 3 is 2.39 bits per heavy atom. The third-order valence-corrected chi connectivity index (χ3v) is 6.17. The van der Waals surface area contributed by atoms with Gasteiger partial charge in [-0.05, 0) is 69.7 Å². The van der Waals surface area contributed by atoms with Gasteiger partial charge in [0.05, 0.1) is 10.9 Å². The van der Waals surface area contributed by atoms with E-state index in [0.717, 1.165) is 11.1 Å². The van der Waals surface area contributed by atoms with Gasteiger partial charge in [0, 0.05) is 28.4 Å². The fourth-order valence-electron chi connectivity index (χ4n) is 3.87. The molecule has 0 saturated heterocycles. The summed E-state index contributed by atoms with van der Waals surface area (Å²) >= 11 is 5.88. The molecule has 36 heavy (non-hydrogen) atoms. The number of benzene rings is 2. The summed E-state index contributed by atoms with van der Waals surface area (Å²) in [6.45, 7) is 7.09. The topological polar surface area (TPSA) is 120 Å². The highest BCUT2D eigenvalue weighted by molar-refractivity contribution is 6.30. The smallest absolute Gasteiger partial charge is 0.350 e. The van der Waals surface area contributed by atoms with Crippen molar-refractivity contribution in [3.05, 3.63) is 73.9 Å². The van der Waals surface area contributed by atoms with Gasteiger partial charge in [0.25, 0.3) is 11.5 Å². The second-order valence-electron chi connectivity index (χ2n) is 8.91. The van der Waals surface area contributed by atoms with Crippen molar-refractivity contribution in [3.63, 3.8) is 0 Å². The van der Waals surface area contributed by atoms with Crippen molar-refractivity contribution in [1.82, 2.24) is 24.1 Å². The van der Waals surface area contributed by atoms with Crippen LogP contribution in [0.4, 0.5) is 5.69 Å². The van der Waals surface area contributed by atoms with Crippen molar-refractivity contribution in [2.75, 3.05) is 5.32 Å². The summed E-state index contributed by atoms with van der Waals surface area (Å²) in [4.78, 5) is 52.1. The van der Waals surface area contributed by atoms with Crippen molar-refractivity contribution in [1.29, 1.82) is 0 Å². The lowest BCUT2D eigenvalue weighted by atomic mass is 10.1. The van der Waals surface area contributed by atoms with Crippen LogP contribution in [0.1, 0.15) is 50.5 Å². The Labute approximate surface area is 211 Å². The molecule has 0 aliphatic rings. The molecule has 10 nitrogen and oxygen atoms in total. The second kappa shape index (κ2) is 9.98. The predicted octanol–water partition coefficient (Wildman–Crippen LogP) is 3.21. The molecule has 0 bridgehead atoms. The van der Waals surface area contributed by atoms with Crippen LogP contribution in [0.5, 0.6) is 0 Å². The maximum atomic E-state index is 13.4. The maximum absolute atomic E-state index is 13.4. The monoisotopic (exact) mass is 510 g/mol. The molecule has 0 fully saturated rings. The molecule has 2 heterocycles. The van der Waals surface area contributed by atoms with Crippen LogP contribution in [0.25, 0.3) is 16.7 Å². The number of carbonyl (C=O) groups excluding carboxylic acids is 2. The molecule has 0 aliphatic heterocycles. The zero-order valence-electron chi connectivity index (χ0n) is 20.4. The molecule has 0 aliphatic carbocycles. The zero-order chi connectivity index (χ0) is 26.1. The normalized spacial score (nSPS) is 12.3. The van der Waals surface area contributed by atoms with Crippen molar-refractivity contribution in [3.8, 4) is 0 Å². The van der Waals surface area contributed by atoms with Gasteiger partial charge in [0.1, 0.15) is 6.54 Å². The Balaban J connectivity index is 1.83. The number of nitrogens with zero attached hydrogens (tertiary/aromatic N) is 4. The molecule has 2 aromatic carbocycles. The lowest BCUT2D eigenvalue weighted by molar-refractivity contribution is -0.117. The van der Waals surface area contributed by atoms with Crippen LogP contribution in [0.15, 0.2) is 52.1 Å². The Bertz CT molecular complexity index is 1580. The van der Waals surface area contributed by atoms with Crippen molar-refractivity contribution < 1.29 is 9.59 Å². The van der Waals surface area contributed by atoms with Gasteiger partial charge >= 0.3 is 5.69 Å². The van der Waals surface area contributed by atoms with Crippen LogP contribution in [0.3, 0.4) is 0 Å². The standard InChI is InChI=1S/C25H27ClN6O4/c1-5-15(4)27-22(34)16-6-11-19-20(12-16)32-24(31(14(2)3)23(19)35)29-30(25(32)36)13-21(33)28-18-9-7-17(26)8-10-18/h6-12,14-15H,5,13H2,1-4H3,(H,27,34)(H,28,33). The van der Waals surface area contributed by atoms with Crippen LogP contribution < -0.4 is 21.9 Å². The number of aromatic nitrogens is 4. The number of halogens is 1. The van der Waals surface area contributed by atoms with Crippen LogP contribution in [0.2, 0.25) is 5.02 Å². The van der Waals surface area contributed by atoms with E-state index in [1.54, 1.807) is 50.2 Å². The fourth-order valence-corrected chi connectivity index (χ4v) is 4.00. The largest absolute Gasteiger partial charge is 0.352 e. The Morgan fingerprint density at radius 1 is 1.06 bits per heavy atom. The summed E-state index contributed by atoms with van der Waals surface area (Å²) in [6, 6.07) is 10.8. The predicted molar refractivity (Wildman–Crippen MR) is 139 cm³/mol. The number of anilines is 1. The van der Waals surface area contributed by atoms with E-state index in [1.165, 1.54) is 15.0 Å². The van der Waals surface area contributed by atoms with Gasteiger partial charge in [-0.1, -0.05) is 18.5 Å². The second-order valence-corrected chi connectivity index (χ2v) is 9.35. The molecular formula is C25H27ClN6O4. The van der Waals surface area contributed by atoms with Crippen molar-refractivity contribution in [2.24, 2.45) is 0 Å². The molecule has 0 radical (unpaired) electrons. The van der Waals surface area contributed by atoms with Gasteiger partial charge in [-0.2, -0.15) is 0 Å². The van der Waals surface area contributed by atoms with Gasteiger partial charge in [-0.3, -0.25) is 19.0 Å². The SMILES string of the molecule is CCC(C)NC(=O)c1ccc2c(=O)n(C(C)C)c3nn(CC(=O)Nc4ccc(Cl)cc4)c(=O)n3c2c1. The number of carbonyl (C=O) groups is 2. The van der Waals surface area contributed by atoms with Crippen molar-refractivity contribution >= 4 is 45.8 Å². The minimum atomic E-state index is -0.602. The van der Waals surface area contributed by atoms with E-state index in [0.29, 0.717) is 16.3 Å². The highest BCUT2D eigenvalue weighted by Gasteiger charge is 2.21. The van der Waals surface area contributed by atoms with Gasteiger partial charge in [0.15, 0.2) is 0 Å². The summed E-state index contributed by atoms with van der Waals surface area (Å²) < 4.78 is 3.67. The molecule has 0 spiro atoms. The Kier molecular flexibility index (Phi) is 6.98. The first kappa shape index (κ1) is 25.2. The number of fused-ring (bicyclic) bond motifs is 3. The van der Waals surface area contributed by atoms with Gasteiger partial charge in [-0.25, -0.2) is 13.9 Å². The van der Waals surface area contributed by atoms with E-state index >= 15 is 0 Å². The highest BCUT2D eigenvalue weighted by Crippen LogP contribution is 2.17. The first-order valence-electron chi connectivity index (χ1n) is 11.6. The van der Waals surface area contributed by atoms with E-state index in [-0.39, 0.29) is 46.8 Å². The first-order chi connectivity index (χ1) is 17.1. The lowest BCUT2D eigenvalue weighted by Gasteiger charge is -2.14. The third-order valence-electron chi connectivity index (χ3n) is 5.92. The highest BCUT2D eigenvalue weighted by atomic mass is 35.5. The molecule has 4 rings (SSSR count). The molecular weight excluding hydrogens is 484 g/mol. The summed E-state index contributed by atoms with van der Waals surface area (Å²) in [6.07, 6.45) is 0.757. The van der Waals surface area contributed by atoms with Crippen LogP contribution in [-0.2, 0) is 11.3 Å². The molecule has 2 amide bonds. The molecule has 1 atom stereocenters. The lowest BCUT2D eigenvalue weighted by Crippen LogP contribution is -2.32. The molecule has 2 aromatic heterocycles. The van der Waals surface area contributed by atoms with E-state index < -0.39 is 11.6 Å². The Hall–Kier alpha value is -3.92. The molecule has 2 N–H and O–H groups in total. The van der Waals surface area contributed by atoms with E-state index in [2.05, 4.69) is 15.7 Å². The number of hydrogen-bond donors (Lipinski definition) is 2. The summed E-state index contributed by atoms with van der Waals surface area (Å²) in [5, 5.41) is 10.7. The maximum Gasteiger partial charge on any atom is 0.352 e. The summed E-state index contributed by atoms with van der Waals surface area (Å²) in [5.41, 5.74) is 0.131. The zero-order valence-corrected chi connectivity index (χ0v) is 21.2. The fraction of sp³-hybridized carbons (Fsp3) is 0.320. The average Bonchev–Trinajstić information content (AvgIpc) is 3.15. The van der Waals surface area contributed by atoms with E-state index in [9.17, 15) is 19.2 Å². The summed E-state index contributed by atoms with van der Waals surface area (Å²) in [5.74, 6) is -0.694. The number of hydrogen-bond acceptors (Lipinski definition) is 5. The molecule has 1 unspecified atom stereocenters. The molecule has 0 saturated carbocycles. The van der Waals surface area contributed by atoms with Gasteiger partial charge in [-0.15, -0.1) is 5.10 Å². The van der Waals surface area contributed by atoms with Crippen LogP contribution >= 0.6 is 11.6 Å². The van der Waals surface area contributed by atoms with E-state index in [1.807, 2.05) is 13.8 Å². The van der Waals surface area contributed by atoms with Gasteiger partial charge < -0.3 is 10.6 Å². The number of nitrogens with one attached hydrogen (secondary N) is 2. The average molecular weight is 511 g/mol. The minimum absolute atomic E-state index is 0.0354. The van der Waals surface area contributed by atoms with Crippen LogP contribution in [-0.4, -0.2) is 36.6 Å². The number of amides is 2. The van der Waals surface area contributed by atoms with Crippen molar-refractivity contribution in [2.45, 2.75) is 52.7 Å². The molecule has 188 valence electrons. The quantitative estimate of drug-likeness (QED) is 0.395. The number of rotatable bonds is 7.